The van der Waals surface area contributed by atoms with Gasteiger partial charge in [-0.2, -0.15) is 0 Å². The molecule has 0 fully saturated rings. The Balaban J connectivity index is 2.19. The van der Waals surface area contributed by atoms with Crippen LogP contribution in [0.4, 0.5) is 4.39 Å². The number of ether oxygens (including phenoxy) is 1. The van der Waals surface area contributed by atoms with E-state index in [1.54, 1.807) is 36.4 Å². The van der Waals surface area contributed by atoms with Crippen LogP contribution < -0.4 is 10.6 Å². The third-order valence-corrected chi connectivity index (χ3v) is 4.04. The molecule has 0 atom stereocenters. The minimum Gasteiger partial charge on any atom is -0.496 e. The molecule has 0 aliphatic carbocycles. The van der Waals surface area contributed by atoms with Gasteiger partial charge in [0.25, 0.3) is 5.91 Å². The van der Waals surface area contributed by atoms with Crippen LogP contribution in [-0.2, 0) is 0 Å². The lowest BCUT2D eigenvalue weighted by Gasteiger charge is -2.15. The molecule has 0 aliphatic rings. The largest absolute Gasteiger partial charge is 0.496 e. The summed E-state index contributed by atoms with van der Waals surface area (Å²) in [6, 6.07) is 11.5. The van der Waals surface area contributed by atoms with Gasteiger partial charge in [-0.3, -0.25) is 9.80 Å². The maximum Gasteiger partial charge on any atom is 0.288 e. The minimum absolute atomic E-state index is 0.108. The number of nitrogens with zero attached hydrogens (tertiary/aromatic N) is 3. The van der Waals surface area contributed by atoms with E-state index in [-0.39, 0.29) is 5.69 Å². The summed E-state index contributed by atoms with van der Waals surface area (Å²) in [6.07, 6.45) is 0.723. The highest BCUT2D eigenvalue weighted by Gasteiger charge is 2.18. The summed E-state index contributed by atoms with van der Waals surface area (Å²) in [5.74, 6) is 5.30. The first-order chi connectivity index (χ1) is 12.6. The molecular weight excluding hydrogens is 335 g/mol. The Morgan fingerprint density at radius 1 is 1.23 bits per heavy atom. The van der Waals surface area contributed by atoms with Crippen LogP contribution in [0.1, 0.15) is 23.8 Å². The van der Waals surface area contributed by atoms with Crippen molar-refractivity contribution in [1.29, 1.82) is 0 Å². The van der Waals surface area contributed by atoms with Gasteiger partial charge in [-0.1, -0.05) is 25.1 Å². The van der Waals surface area contributed by atoms with Gasteiger partial charge in [0.15, 0.2) is 5.69 Å². The predicted molar refractivity (Wildman–Crippen MR) is 97.0 cm³/mol. The first-order valence-corrected chi connectivity index (χ1v) is 8.22. The van der Waals surface area contributed by atoms with E-state index in [9.17, 15) is 9.18 Å². The summed E-state index contributed by atoms with van der Waals surface area (Å²) in [7, 11) is 1.48. The van der Waals surface area contributed by atoms with E-state index in [4.69, 9.17) is 10.6 Å². The summed E-state index contributed by atoms with van der Waals surface area (Å²) in [5.41, 5.74) is 1.53. The number of halogens is 1. The molecule has 2 N–H and O–H groups in total. The number of aromatic nitrogens is 2. The number of methoxy groups -OCH3 is 1. The number of nitrogens with two attached hydrogens (primary N) is 1. The molecule has 0 spiro atoms. The highest BCUT2D eigenvalue weighted by atomic mass is 19.1. The van der Waals surface area contributed by atoms with Gasteiger partial charge in [0.1, 0.15) is 11.6 Å². The summed E-state index contributed by atoms with van der Waals surface area (Å²) >= 11 is 0. The Morgan fingerprint density at radius 3 is 2.73 bits per heavy atom. The first kappa shape index (κ1) is 17.8. The Bertz CT molecular complexity index is 961. The second-order valence-electron chi connectivity index (χ2n) is 5.78. The van der Waals surface area contributed by atoms with Crippen molar-refractivity contribution >= 4 is 16.8 Å². The number of amides is 1. The van der Waals surface area contributed by atoms with Crippen LogP contribution in [0.3, 0.4) is 0 Å². The molecule has 0 saturated heterocycles. The average molecular weight is 354 g/mol. The second kappa shape index (κ2) is 7.45. The molecule has 3 rings (SSSR count). The van der Waals surface area contributed by atoms with Crippen molar-refractivity contribution < 1.29 is 13.9 Å². The molecule has 0 unspecified atom stereocenters. The number of carbonyl (C=O) groups is 1. The van der Waals surface area contributed by atoms with E-state index in [0.717, 1.165) is 11.4 Å². The number of carbonyl (C=O) groups excluding carboxylic acids is 1. The van der Waals surface area contributed by atoms with Crippen molar-refractivity contribution in [2.45, 2.75) is 13.3 Å². The fourth-order valence-electron chi connectivity index (χ4n) is 2.81. The molecule has 0 aliphatic heterocycles. The smallest absolute Gasteiger partial charge is 0.288 e. The van der Waals surface area contributed by atoms with Crippen LogP contribution in [-0.4, -0.2) is 34.8 Å². The van der Waals surface area contributed by atoms with Crippen molar-refractivity contribution in [3.05, 3.63) is 54.0 Å². The number of hydrogen-bond acceptors (Lipinski definition) is 5. The van der Waals surface area contributed by atoms with Gasteiger partial charge in [0.05, 0.1) is 18.2 Å². The Labute approximate surface area is 150 Å². The summed E-state index contributed by atoms with van der Waals surface area (Å²) in [4.78, 5) is 12.4. The standard InChI is InChI=1S/C19H19FN4O2/c1-3-10-24(21)19(25)16-11-13-12(6-4-8-15(13)22-23-16)18-14(20)7-5-9-17(18)26-2/h4-9,11H,3,10,21H2,1-2H3. The van der Waals surface area contributed by atoms with E-state index < -0.39 is 11.7 Å². The Morgan fingerprint density at radius 2 is 2.00 bits per heavy atom. The van der Waals surface area contributed by atoms with Gasteiger partial charge < -0.3 is 4.74 Å². The molecule has 7 heteroatoms. The van der Waals surface area contributed by atoms with Gasteiger partial charge in [0, 0.05) is 11.9 Å². The van der Waals surface area contributed by atoms with E-state index in [1.165, 1.54) is 13.2 Å². The third kappa shape index (κ3) is 3.21. The topological polar surface area (TPSA) is 81.3 Å². The lowest BCUT2D eigenvalue weighted by atomic mass is 9.99. The van der Waals surface area contributed by atoms with Crippen molar-refractivity contribution in [2.75, 3.05) is 13.7 Å². The molecule has 3 aromatic rings. The quantitative estimate of drug-likeness (QED) is 0.432. The van der Waals surface area contributed by atoms with Crippen molar-refractivity contribution in [3.8, 4) is 16.9 Å². The Kier molecular flexibility index (Phi) is 5.09. The third-order valence-electron chi connectivity index (χ3n) is 4.04. The van der Waals surface area contributed by atoms with Crippen molar-refractivity contribution in [3.63, 3.8) is 0 Å². The molecule has 1 aromatic heterocycles. The van der Waals surface area contributed by atoms with Crippen molar-refractivity contribution in [1.82, 2.24) is 15.2 Å². The van der Waals surface area contributed by atoms with Gasteiger partial charge in [-0.25, -0.2) is 10.2 Å². The summed E-state index contributed by atoms with van der Waals surface area (Å²) < 4.78 is 19.8. The van der Waals surface area contributed by atoms with Crippen LogP contribution in [0.25, 0.3) is 22.0 Å². The lowest BCUT2D eigenvalue weighted by Crippen LogP contribution is -2.38. The SMILES string of the molecule is CCCN(N)C(=O)c1cc2c(-c3c(F)cccc3OC)cccc2nn1. The van der Waals surface area contributed by atoms with Gasteiger partial charge in [0.2, 0.25) is 0 Å². The van der Waals surface area contributed by atoms with Gasteiger partial charge >= 0.3 is 0 Å². The molecule has 134 valence electrons. The number of fused-ring (bicyclic) bond motifs is 1. The van der Waals surface area contributed by atoms with Crippen LogP contribution in [0, 0.1) is 5.82 Å². The molecule has 0 radical (unpaired) electrons. The fraction of sp³-hybridized carbons (Fsp3) is 0.211. The maximum absolute atomic E-state index is 14.5. The van der Waals surface area contributed by atoms with E-state index in [0.29, 0.717) is 34.3 Å². The Hall–Kier alpha value is -3.06. The average Bonchev–Trinajstić information content (AvgIpc) is 2.66. The molecule has 26 heavy (non-hydrogen) atoms. The number of benzene rings is 2. The highest BCUT2D eigenvalue weighted by Crippen LogP contribution is 2.36. The highest BCUT2D eigenvalue weighted by molar-refractivity contribution is 6.00. The molecule has 1 amide bonds. The second-order valence-corrected chi connectivity index (χ2v) is 5.78. The molecule has 0 bridgehead atoms. The lowest BCUT2D eigenvalue weighted by molar-refractivity contribution is 0.0748. The van der Waals surface area contributed by atoms with Crippen molar-refractivity contribution in [2.24, 2.45) is 5.84 Å². The number of hydrogen-bond donors (Lipinski definition) is 1. The van der Waals surface area contributed by atoms with E-state index >= 15 is 0 Å². The molecule has 1 heterocycles. The van der Waals surface area contributed by atoms with Crippen LogP contribution >= 0.6 is 0 Å². The monoisotopic (exact) mass is 354 g/mol. The van der Waals surface area contributed by atoms with E-state index in [1.807, 2.05) is 6.92 Å². The van der Waals surface area contributed by atoms with Gasteiger partial charge in [-0.15, -0.1) is 10.2 Å². The zero-order chi connectivity index (χ0) is 18.7. The fourth-order valence-corrected chi connectivity index (χ4v) is 2.81. The normalized spacial score (nSPS) is 10.8. The summed E-state index contributed by atoms with van der Waals surface area (Å²) in [6.45, 7) is 2.32. The molecule has 2 aromatic carbocycles. The molecule has 0 saturated carbocycles. The van der Waals surface area contributed by atoms with E-state index in [2.05, 4.69) is 10.2 Å². The minimum atomic E-state index is -0.434. The maximum atomic E-state index is 14.5. The molecular formula is C19H19FN4O2. The summed E-state index contributed by atoms with van der Waals surface area (Å²) in [5, 5.41) is 9.76. The zero-order valence-corrected chi connectivity index (χ0v) is 14.6. The van der Waals surface area contributed by atoms with Crippen LogP contribution in [0.2, 0.25) is 0 Å². The number of hydrazine groups is 1. The van der Waals surface area contributed by atoms with Gasteiger partial charge in [-0.05, 0) is 36.2 Å². The first-order valence-electron chi connectivity index (χ1n) is 8.22. The van der Waals surface area contributed by atoms with Crippen LogP contribution in [0.5, 0.6) is 5.75 Å². The number of rotatable bonds is 5. The zero-order valence-electron chi connectivity index (χ0n) is 14.6. The predicted octanol–water partition coefficient (Wildman–Crippen LogP) is 3.17. The molecule has 6 nitrogen and oxygen atoms in total. The van der Waals surface area contributed by atoms with Crippen LogP contribution in [0.15, 0.2) is 42.5 Å².